The molecule has 1 aromatic rings. The highest BCUT2D eigenvalue weighted by Crippen LogP contribution is 2.61. The van der Waals surface area contributed by atoms with Crippen LogP contribution in [0, 0.1) is 23.6 Å². The van der Waals surface area contributed by atoms with Gasteiger partial charge >= 0.3 is 0 Å². The lowest BCUT2D eigenvalue weighted by Gasteiger charge is -2.16. The average molecular weight is 235 g/mol. The van der Waals surface area contributed by atoms with Gasteiger partial charge in [-0.3, -0.25) is 0 Å². The minimum Gasteiger partial charge on any atom is -0.494 e. The minimum absolute atomic E-state index is 0.166. The Morgan fingerprint density at radius 1 is 1.35 bits per heavy atom. The number of hydrogen-bond acceptors (Lipinski definition) is 2. The average Bonchev–Trinajstić information content (AvgIpc) is 2.82. The van der Waals surface area contributed by atoms with Crippen molar-refractivity contribution in [3.05, 3.63) is 29.6 Å². The molecule has 2 N–H and O–H groups in total. The summed E-state index contributed by atoms with van der Waals surface area (Å²) in [6, 6.07) is 5.07. The second-order valence-corrected chi connectivity index (χ2v) is 5.23. The van der Waals surface area contributed by atoms with Crippen LogP contribution < -0.4 is 10.5 Å². The van der Waals surface area contributed by atoms with Crippen molar-refractivity contribution in [2.75, 3.05) is 7.11 Å². The maximum atomic E-state index is 14.1. The van der Waals surface area contributed by atoms with Crippen LogP contribution in [0.2, 0.25) is 0 Å². The third-order valence-electron chi connectivity index (χ3n) is 4.46. The monoisotopic (exact) mass is 235 g/mol. The maximum Gasteiger partial charge on any atom is 0.169 e. The maximum absolute atomic E-state index is 14.1. The predicted molar refractivity (Wildman–Crippen MR) is 64.2 cm³/mol. The van der Waals surface area contributed by atoms with E-state index in [1.165, 1.54) is 26.4 Å². The number of nitrogens with two attached hydrogens (primary N) is 1. The molecule has 0 saturated heterocycles. The topological polar surface area (TPSA) is 35.2 Å². The zero-order valence-electron chi connectivity index (χ0n) is 10.0. The van der Waals surface area contributed by atoms with Crippen LogP contribution in [-0.2, 0) is 0 Å². The van der Waals surface area contributed by atoms with Crippen molar-refractivity contribution in [2.45, 2.75) is 25.3 Å². The van der Waals surface area contributed by atoms with E-state index in [0.29, 0.717) is 17.2 Å². The van der Waals surface area contributed by atoms with Gasteiger partial charge < -0.3 is 10.5 Å². The zero-order chi connectivity index (χ0) is 12.0. The summed E-state index contributed by atoms with van der Waals surface area (Å²) in [7, 11) is 1.49. The van der Waals surface area contributed by atoms with E-state index < -0.39 is 0 Å². The van der Waals surface area contributed by atoms with Crippen LogP contribution in [0.1, 0.15) is 30.9 Å². The van der Waals surface area contributed by atoms with Crippen LogP contribution in [0.3, 0.4) is 0 Å². The SMILES string of the molecule is COc1cccc(C(N)C2C3CCCC32)c1F. The molecule has 2 nitrogen and oxygen atoms in total. The fourth-order valence-electron chi connectivity index (χ4n) is 3.56. The Labute approximate surface area is 101 Å². The van der Waals surface area contributed by atoms with E-state index in [1.807, 2.05) is 6.07 Å². The summed E-state index contributed by atoms with van der Waals surface area (Å²) in [5.41, 5.74) is 6.83. The van der Waals surface area contributed by atoms with Gasteiger partial charge in [0.25, 0.3) is 0 Å². The van der Waals surface area contributed by atoms with Gasteiger partial charge in [-0.1, -0.05) is 18.6 Å². The third kappa shape index (κ3) is 1.64. The number of rotatable bonds is 3. The summed E-state index contributed by atoms with van der Waals surface area (Å²) >= 11 is 0. The van der Waals surface area contributed by atoms with Crippen molar-refractivity contribution in [3.8, 4) is 5.75 Å². The van der Waals surface area contributed by atoms with E-state index in [4.69, 9.17) is 10.5 Å². The smallest absolute Gasteiger partial charge is 0.169 e. The molecule has 0 bridgehead atoms. The van der Waals surface area contributed by atoms with E-state index in [2.05, 4.69) is 0 Å². The molecule has 2 aliphatic rings. The Bertz CT molecular complexity index is 424. The van der Waals surface area contributed by atoms with Crippen molar-refractivity contribution in [2.24, 2.45) is 23.5 Å². The molecule has 0 heterocycles. The standard InChI is InChI=1S/C14H18FNO/c1-17-11-7-3-6-10(13(11)15)14(16)12-8-4-2-5-9(8)12/h3,6-9,12,14H,2,4-5,16H2,1H3. The fraction of sp³-hybridized carbons (Fsp3) is 0.571. The molecule has 17 heavy (non-hydrogen) atoms. The number of ether oxygens (including phenoxy) is 1. The van der Waals surface area contributed by atoms with Crippen LogP contribution in [0.5, 0.6) is 5.75 Å². The first-order valence-corrected chi connectivity index (χ1v) is 6.32. The molecule has 0 aromatic heterocycles. The summed E-state index contributed by atoms with van der Waals surface area (Å²) in [5.74, 6) is 1.99. The summed E-state index contributed by atoms with van der Waals surface area (Å²) in [6.07, 6.45) is 3.86. The number of fused-ring (bicyclic) bond motifs is 1. The van der Waals surface area contributed by atoms with Crippen LogP contribution in [-0.4, -0.2) is 7.11 Å². The molecule has 2 saturated carbocycles. The molecule has 2 aliphatic carbocycles. The Balaban J connectivity index is 1.84. The largest absolute Gasteiger partial charge is 0.494 e. The summed E-state index contributed by atoms with van der Waals surface area (Å²) in [5, 5.41) is 0. The molecular weight excluding hydrogens is 217 g/mol. The molecule has 3 rings (SSSR count). The predicted octanol–water partition coefficient (Wildman–Crippen LogP) is 2.88. The van der Waals surface area contributed by atoms with Gasteiger partial charge in [-0.15, -0.1) is 0 Å². The van der Waals surface area contributed by atoms with Gasteiger partial charge in [0.1, 0.15) is 0 Å². The second-order valence-electron chi connectivity index (χ2n) is 5.23. The van der Waals surface area contributed by atoms with Crippen molar-refractivity contribution in [1.82, 2.24) is 0 Å². The molecule has 2 fully saturated rings. The van der Waals surface area contributed by atoms with Crippen molar-refractivity contribution in [1.29, 1.82) is 0 Å². The number of halogens is 1. The van der Waals surface area contributed by atoms with Gasteiger partial charge in [-0.2, -0.15) is 0 Å². The van der Waals surface area contributed by atoms with Gasteiger partial charge in [0, 0.05) is 11.6 Å². The van der Waals surface area contributed by atoms with E-state index in [1.54, 1.807) is 12.1 Å². The Morgan fingerprint density at radius 3 is 2.71 bits per heavy atom. The molecule has 0 spiro atoms. The first-order chi connectivity index (χ1) is 8.24. The molecule has 0 radical (unpaired) electrons. The number of methoxy groups -OCH3 is 1. The molecule has 92 valence electrons. The first kappa shape index (κ1) is 11.0. The lowest BCUT2D eigenvalue weighted by atomic mass is 9.97. The third-order valence-corrected chi connectivity index (χ3v) is 4.46. The first-order valence-electron chi connectivity index (χ1n) is 6.32. The second kappa shape index (κ2) is 3.98. The zero-order valence-corrected chi connectivity index (χ0v) is 10.0. The molecule has 1 aromatic carbocycles. The van der Waals surface area contributed by atoms with Gasteiger partial charge in [0.15, 0.2) is 11.6 Å². The molecule has 3 heteroatoms. The Kier molecular flexibility index (Phi) is 2.58. The minimum atomic E-state index is -0.285. The highest BCUT2D eigenvalue weighted by Gasteiger charge is 2.55. The van der Waals surface area contributed by atoms with Gasteiger partial charge in [-0.05, 0) is 36.7 Å². The van der Waals surface area contributed by atoms with Crippen molar-refractivity contribution in [3.63, 3.8) is 0 Å². The van der Waals surface area contributed by atoms with Crippen LogP contribution in [0.15, 0.2) is 18.2 Å². The van der Waals surface area contributed by atoms with Gasteiger partial charge in [-0.25, -0.2) is 4.39 Å². The fourth-order valence-corrected chi connectivity index (χ4v) is 3.56. The number of benzene rings is 1. The normalized spacial score (nSPS) is 32.1. The summed E-state index contributed by atoms with van der Waals surface area (Å²) < 4.78 is 19.1. The van der Waals surface area contributed by atoms with E-state index in [9.17, 15) is 4.39 Å². The van der Waals surface area contributed by atoms with Gasteiger partial charge in [0.2, 0.25) is 0 Å². The molecule has 0 amide bonds. The molecule has 3 atom stereocenters. The Hall–Kier alpha value is -1.09. The summed E-state index contributed by atoms with van der Waals surface area (Å²) in [4.78, 5) is 0. The van der Waals surface area contributed by atoms with E-state index in [-0.39, 0.29) is 11.9 Å². The van der Waals surface area contributed by atoms with Gasteiger partial charge in [0.05, 0.1) is 7.11 Å². The van der Waals surface area contributed by atoms with Crippen molar-refractivity contribution >= 4 is 0 Å². The Morgan fingerprint density at radius 2 is 2.06 bits per heavy atom. The van der Waals surface area contributed by atoms with E-state index in [0.717, 1.165) is 11.8 Å². The highest BCUT2D eigenvalue weighted by molar-refractivity contribution is 5.34. The summed E-state index contributed by atoms with van der Waals surface area (Å²) in [6.45, 7) is 0. The lowest BCUT2D eigenvalue weighted by molar-refractivity contribution is 0.378. The number of hydrogen-bond donors (Lipinski definition) is 1. The van der Waals surface area contributed by atoms with E-state index >= 15 is 0 Å². The van der Waals surface area contributed by atoms with Crippen molar-refractivity contribution < 1.29 is 9.13 Å². The lowest BCUT2D eigenvalue weighted by Crippen LogP contribution is -2.17. The van der Waals surface area contributed by atoms with Crippen LogP contribution >= 0.6 is 0 Å². The quantitative estimate of drug-likeness (QED) is 0.874. The molecule has 0 aliphatic heterocycles. The van der Waals surface area contributed by atoms with Crippen LogP contribution in [0.25, 0.3) is 0 Å². The molecular formula is C14H18FNO. The van der Waals surface area contributed by atoms with Crippen LogP contribution in [0.4, 0.5) is 4.39 Å². The molecule has 3 unspecified atom stereocenters. The highest BCUT2D eigenvalue weighted by atomic mass is 19.1.